The molecule has 0 heterocycles. The van der Waals surface area contributed by atoms with Crippen molar-refractivity contribution in [3.05, 3.63) is 0 Å². The van der Waals surface area contributed by atoms with Gasteiger partial charge in [-0.05, 0) is 6.42 Å². The molecule has 0 saturated heterocycles. The van der Waals surface area contributed by atoms with E-state index in [4.69, 9.17) is 57.2 Å². The first-order chi connectivity index (χ1) is 23.7. The second-order valence-electron chi connectivity index (χ2n) is 10.8. The van der Waals surface area contributed by atoms with Crippen LogP contribution in [0, 0.1) is 0 Å². The minimum Gasteiger partial charge on any atom is -0.480 e. The molecule has 0 unspecified atom stereocenters. The molecule has 0 amide bonds. The zero-order valence-electron chi connectivity index (χ0n) is 29.7. The predicted octanol–water partition coefficient (Wildman–Crippen LogP) is 3.70. The zero-order chi connectivity index (χ0) is 34.9. The summed E-state index contributed by atoms with van der Waals surface area (Å²) in [6, 6.07) is 0. The SMILES string of the molecule is CCCCCCCCCCCC(=O)OCCOCCOCCOCCOCCOCCOCCOCCOCCOCCOCC(=O)O. The first-order valence-electron chi connectivity index (χ1n) is 17.8. The molecule has 0 aromatic carbocycles. The van der Waals surface area contributed by atoms with E-state index in [2.05, 4.69) is 6.92 Å². The van der Waals surface area contributed by atoms with Crippen molar-refractivity contribution in [1.82, 2.24) is 0 Å². The third kappa shape index (κ3) is 42.6. The Morgan fingerprint density at radius 2 is 0.646 bits per heavy atom. The van der Waals surface area contributed by atoms with E-state index in [1.807, 2.05) is 0 Å². The molecular formula is C34H66O14. The Labute approximate surface area is 288 Å². The first kappa shape index (κ1) is 46.5. The number of carbonyl (C=O) groups is 2. The van der Waals surface area contributed by atoms with Crippen LogP contribution in [0.25, 0.3) is 0 Å². The van der Waals surface area contributed by atoms with E-state index in [0.717, 1.165) is 12.8 Å². The summed E-state index contributed by atoms with van der Waals surface area (Å²) < 4.78 is 58.8. The first-order valence-corrected chi connectivity index (χ1v) is 17.8. The molecule has 0 fully saturated rings. The number of hydrogen-bond acceptors (Lipinski definition) is 13. The van der Waals surface area contributed by atoms with Gasteiger partial charge >= 0.3 is 11.9 Å². The van der Waals surface area contributed by atoms with E-state index >= 15 is 0 Å². The van der Waals surface area contributed by atoms with Gasteiger partial charge in [0.15, 0.2) is 0 Å². The number of rotatable bonds is 42. The molecule has 0 aromatic rings. The quantitative estimate of drug-likeness (QED) is 0.0727. The van der Waals surface area contributed by atoms with Gasteiger partial charge in [-0.15, -0.1) is 0 Å². The highest BCUT2D eigenvalue weighted by Gasteiger charge is 2.03. The number of esters is 1. The molecule has 286 valence electrons. The van der Waals surface area contributed by atoms with Crippen molar-refractivity contribution in [2.24, 2.45) is 0 Å². The van der Waals surface area contributed by atoms with Crippen LogP contribution in [0.4, 0.5) is 0 Å². The number of aliphatic carboxylic acids is 1. The van der Waals surface area contributed by atoms with Crippen molar-refractivity contribution < 1.29 is 66.8 Å². The lowest BCUT2D eigenvalue weighted by Crippen LogP contribution is -2.16. The highest BCUT2D eigenvalue weighted by Crippen LogP contribution is 2.10. The van der Waals surface area contributed by atoms with Gasteiger partial charge in [-0.1, -0.05) is 58.3 Å². The van der Waals surface area contributed by atoms with E-state index in [9.17, 15) is 9.59 Å². The zero-order valence-corrected chi connectivity index (χ0v) is 29.7. The lowest BCUT2D eigenvalue weighted by molar-refractivity contribution is -0.145. The molecule has 0 spiro atoms. The Bertz CT molecular complexity index is 655. The molecule has 0 saturated carbocycles. The summed E-state index contributed by atoms with van der Waals surface area (Å²) in [4.78, 5) is 22.0. The summed E-state index contributed by atoms with van der Waals surface area (Å²) in [5.41, 5.74) is 0. The average Bonchev–Trinajstić information content (AvgIpc) is 3.08. The maximum absolute atomic E-state index is 11.8. The minimum atomic E-state index is -0.997. The summed E-state index contributed by atoms with van der Waals surface area (Å²) in [6.45, 7) is 10.6. The molecule has 0 aromatic heterocycles. The van der Waals surface area contributed by atoms with Crippen LogP contribution in [0.15, 0.2) is 0 Å². The van der Waals surface area contributed by atoms with Crippen LogP contribution in [0.1, 0.15) is 71.1 Å². The van der Waals surface area contributed by atoms with E-state index in [0.29, 0.717) is 125 Å². The molecule has 0 rings (SSSR count). The highest BCUT2D eigenvalue weighted by molar-refractivity contribution is 5.69. The van der Waals surface area contributed by atoms with E-state index < -0.39 is 5.97 Å². The fourth-order valence-corrected chi connectivity index (χ4v) is 4.01. The molecule has 1 N–H and O–H groups in total. The standard InChI is InChI=1S/C34H66O14/c1-2-3-4-5-6-7-8-9-10-11-34(37)48-31-30-46-27-26-44-23-22-42-19-18-40-15-14-38-12-13-39-16-17-41-20-21-43-24-25-45-28-29-47-32-33(35)36/h2-32H2,1H3,(H,35,36). The van der Waals surface area contributed by atoms with Gasteiger partial charge in [-0.2, -0.15) is 0 Å². The molecule has 0 aliphatic heterocycles. The lowest BCUT2D eigenvalue weighted by atomic mass is 10.1. The normalized spacial score (nSPS) is 11.4. The van der Waals surface area contributed by atoms with Crippen LogP contribution >= 0.6 is 0 Å². The number of carboxylic acid groups (broad SMARTS) is 1. The lowest BCUT2D eigenvalue weighted by Gasteiger charge is -2.09. The van der Waals surface area contributed by atoms with E-state index in [1.165, 1.54) is 44.9 Å². The fourth-order valence-electron chi connectivity index (χ4n) is 4.01. The van der Waals surface area contributed by atoms with Gasteiger partial charge in [0.1, 0.15) is 13.2 Å². The summed E-state index contributed by atoms with van der Waals surface area (Å²) in [5.74, 6) is -1.14. The van der Waals surface area contributed by atoms with Crippen molar-refractivity contribution >= 4 is 11.9 Å². The second-order valence-corrected chi connectivity index (χ2v) is 10.8. The maximum atomic E-state index is 11.8. The van der Waals surface area contributed by atoms with Crippen LogP contribution in [0.3, 0.4) is 0 Å². The van der Waals surface area contributed by atoms with Gasteiger partial charge in [0.05, 0.1) is 126 Å². The van der Waals surface area contributed by atoms with Crippen LogP contribution in [-0.4, -0.2) is 156 Å². The van der Waals surface area contributed by atoms with Crippen LogP contribution < -0.4 is 0 Å². The molecule has 48 heavy (non-hydrogen) atoms. The Morgan fingerprint density at radius 1 is 0.375 bits per heavy atom. The van der Waals surface area contributed by atoms with Gasteiger partial charge in [-0.3, -0.25) is 4.79 Å². The van der Waals surface area contributed by atoms with Gasteiger partial charge in [0.25, 0.3) is 0 Å². The number of carbonyl (C=O) groups excluding carboxylic acids is 1. The van der Waals surface area contributed by atoms with E-state index in [-0.39, 0.29) is 25.8 Å². The van der Waals surface area contributed by atoms with Gasteiger partial charge in [-0.25, -0.2) is 4.79 Å². The van der Waals surface area contributed by atoms with Crippen molar-refractivity contribution in [3.63, 3.8) is 0 Å². The Balaban J connectivity index is 3.11. The maximum Gasteiger partial charge on any atom is 0.329 e. The molecule has 14 heteroatoms. The minimum absolute atomic E-state index is 0.142. The fraction of sp³-hybridized carbons (Fsp3) is 0.941. The Morgan fingerprint density at radius 3 is 0.958 bits per heavy atom. The Kier molecular flexibility index (Phi) is 40.4. The van der Waals surface area contributed by atoms with Gasteiger partial charge in [0, 0.05) is 6.42 Å². The Hall–Kier alpha value is -1.46. The average molecular weight is 699 g/mol. The van der Waals surface area contributed by atoms with Crippen LogP contribution in [0.2, 0.25) is 0 Å². The number of unbranched alkanes of at least 4 members (excludes halogenated alkanes) is 8. The van der Waals surface area contributed by atoms with Crippen molar-refractivity contribution in [2.45, 2.75) is 71.1 Å². The van der Waals surface area contributed by atoms with E-state index in [1.54, 1.807) is 0 Å². The topological polar surface area (TPSA) is 156 Å². The third-order valence-electron chi connectivity index (χ3n) is 6.55. The van der Waals surface area contributed by atoms with Crippen LogP contribution in [0.5, 0.6) is 0 Å². The van der Waals surface area contributed by atoms with Crippen LogP contribution in [-0.2, 0) is 61.7 Å². The predicted molar refractivity (Wildman–Crippen MR) is 179 cm³/mol. The second kappa shape index (κ2) is 41.7. The molecule has 0 aliphatic carbocycles. The molecular weight excluding hydrogens is 632 g/mol. The van der Waals surface area contributed by atoms with Crippen molar-refractivity contribution in [1.29, 1.82) is 0 Å². The summed E-state index contributed by atoms with van der Waals surface area (Å²) in [6.07, 6.45) is 11.6. The third-order valence-corrected chi connectivity index (χ3v) is 6.55. The molecule has 0 bridgehead atoms. The number of carboxylic acids is 1. The monoisotopic (exact) mass is 698 g/mol. The molecule has 0 aliphatic rings. The summed E-state index contributed by atoms with van der Waals surface area (Å²) in [5, 5.41) is 8.43. The summed E-state index contributed by atoms with van der Waals surface area (Å²) in [7, 11) is 0. The van der Waals surface area contributed by atoms with Gasteiger partial charge < -0.3 is 57.2 Å². The number of hydrogen-bond donors (Lipinski definition) is 1. The largest absolute Gasteiger partial charge is 0.480 e. The highest BCUT2D eigenvalue weighted by atomic mass is 16.6. The molecule has 0 atom stereocenters. The summed E-state index contributed by atoms with van der Waals surface area (Å²) >= 11 is 0. The smallest absolute Gasteiger partial charge is 0.329 e. The van der Waals surface area contributed by atoms with Crippen molar-refractivity contribution in [3.8, 4) is 0 Å². The molecule has 0 radical (unpaired) electrons. The van der Waals surface area contributed by atoms with Crippen molar-refractivity contribution in [2.75, 3.05) is 139 Å². The number of ether oxygens (including phenoxy) is 11. The van der Waals surface area contributed by atoms with Gasteiger partial charge in [0.2, 0.25) is 0 Å². The molecule has 14 nitrogen and oxygen atoms in total.